The molecule has 5 nitrogen and oxygen atoms in total. The van der Waals surface area contributed by atoms with Crippen LogP contribution in [0.4, 0.5) is 0 Å². The third-order valence-corrected chi connectivity index (χ3v) is 3.02. The first-order chi connectivity index (χ1) is 8.26. The summed E-state index contributed by atoms with van der Waals surface area (Å²) in [5, 5.41) is 5.33. The fraction of sp³-hybridized carbons (Fsp3) is 0.500. The predicted molar refractivity (Wildman–Crippen MR) is 69.5 cm³/mol. The van der Waals surface area contributed by atoms with E-state index in [1.54, 1.807) is 6.20 Å². The van der Waals surface area contributed by atoms with E-state index in [-0.39, 0.29) is 5.28 Å². The Morgan fingerprint density at radius 1 is 1.53 bits per heavy atom. The lowest BCUT2D eigenvalue weighted by atomic mass is 10.4. The zero-order valence-electron chi connectivity index (χ0n) is 9.36. The fourth-order valence-corrected chi connectivity index (χ4v) is 2.07. The summed E-state index contributed by atoms with van der Waals surface area (Å²) in [7, 11) is 0. The number of nitrogens with zero attached hydrogens (tertiary/aromatic N) is 4. The smallest absolute Gasteiger partial charge is 0.223 e. The van der Waals surface area contributed by atoms with Crippen LogP contribution >= 0.6 is 27.5 Å². The van der Waals surface area contributed by atoms with Crippen molar-refractivity contribution in [2.45, 2.75) is 18.8 Å². The maximum absolute atomic E-state index is 5.78. The molecule has 7 heteroatoms. The molecule has 0 bridgehead atoms. The van der Waals surface area contributed by atoms with E-state index in [0.29, 0.717) is 25.1 Å². The number of hydrogen-bond acceptors (Lipinski definition) is 4. The van der Waals surface area contributed by atoms with E-state index >= 15 is 0 Å². The molecule has 0 spiro atoms. The average molecular weight is 320 g/mol. The van der Waals surface area contributed by atoms with Crippen molar-refractivity contribution >= 4 is 38.6 Å². The van der Waals surface area contributed by atoms with Gasteiger partial charge in [-0.05, 0) is 18.5 Å². The normalized spacial score (nSPS) is 11.2. The average Bonchev–Trinajstić information content (AvgIpc) is 2.67. The molecule has 0 saturated carbocycles. The van der Waals surface area contributed by atoms with Gasteiger partial charge < -0.3 is 4.74 Å². The molecule has 0 radical (unpaired) electrons. The largest absolute Gasteiger partial charge is 0.380 e. The first-order valence-electron chi connectivity index (χ1n) is 5.28. The molecule has 92 valence electrons. The second-order valence-electron chi connectivity index (χ2n) is 3.37. The van der Waals surface area contributed by atoms with E-state index in [1.165, 1.54) is 0 Å². The molecular formula is C10H12BrClN4O. The summed E-state index contributed by atoms with van der Waals surface area (Å²) < 4.78 is 7.16. The van der Waals surface area contributed by atoms with Gasteiger partial charge in [0.15, 0.2) is 0 Å². The fourth-order valence-electron chi connectivity index (χ4n) is 1.56. The lowest BCUT2D eigenvalue weighted by Crippen LogP contribution is -2.07. The van der Waals surface area contributed by atoms with E-state index in [0.717, 1.165) is 16.7 Å². The summed E-state index contributed by atoms with van der Waals surface area (Å²) in [4.78, 5) is 8.18. The van der Waals surface area contributed by atoms with E-state index in [9.17, 15) is 0 Å². The Kier molecular flexibility index (Phi) is 4.31. The summed E-state index contributed by atoms with van der Waals surface area (Å²) in [5.74, 6) is 0. The number of fused-ring (bicyclic) bond motifs is 1. The van der Waals surface area contributed by atoms with Crippen LogP contribution in [-0.2, 0) is 16.6 Å². The Bertz CT molecular complexity index is 516. The van der Waals surface area contributed by atoms with Crippen molar-refractivity contribution in [2.75, 3.05) is 13.2 Å². The van der Waals surface area contributed by atoms with E-state index in [4.69, 9.17) is 16.3 Å². The molecule has 0 saturated heterocycles. The van der Waals surface area contributed by atoms with Gasteiger partial charge >= 0.3 is 0 Å². The summed E-state index contributed by atoms with van der Waals surface area (Å²) in [5.41, 5.74) is 2.53. The van der Waals surface area contributed by atoms with Crippen LogP contribution in [0.15, 0.2) is 6.20 Å². The van der Waals surface area contributed by atoms with Crippen molar-refractivity contribution in [2.24, 2.45) is 0 Å². The molecular weight excluding hydrogens is 307 g/mol. The molecule has 0 fully saturated rings. The minimum atomic E-state index is 0.240. The Morgan fingerprint density at radius 3 is 3.06 bits per heavy atom. The number of alkyl halides is 1. The molecule has 0 amide bonds. The number of aromatic nitrogens is 4. The maximum atomic E-state index is 5.78. The molecule has 0 aliphatic heterocycles. The van der Waals surface area contributed by atoms with Crippen LogP contribution < -0.4 is 0 Å². The van der Waals surface area contributed by atoms with Crippen molar-refractivity contribution in [3.8, 4) is 0 Å². The SMILES string of the molecule is CCOCCn1nc(CBr)c2nc(Cl)ncc21. The molecule has 0 N–H and O–H groups in total. The monoisotopic (exact) mass is 318 g/mol. The Labute approximate surface area is 112 Å². The summed E-state index contributed by atoms with van der Waals surface area (Å²) >= 11 is 9.17. The van der Waals surface area contributed by atoms with E-state index < -0.39 is 0 Å². The molecule has 2 aromatic heterocycles. The molecule has 2 aromatic rings. The van der Waals surface area contributed by atoms with Gasteiger partial charge in [-0.25, -0.2) is 9.97 Å². The summed E-state index contributed by atoms with van der Waals surface area (Å²) in [6.45, 7) is 3.97. The molecule has 0 aromatic carbocycles. The summed E-state index contributed by atoms with van der Waals surface area (Å²) in [6.07, 6.45) is 1.69. The second-order valence-corrected chi connectivity index (χ2v) is 4.27. The molecule has 0 atom stereocenters. The van der Waals surface area contributed by atoms with E-state index in [1.807, 2.05) is 11.6 Å². The van der Waals surface area contributed by atoms with Crippen molar-refractivity contribution in [3.05, 3.63) is 17.2 Å². The van der Waals surface area contributed by atoms with Crippen molar-refractivity contribution in [1.29, 1.82) is 0 Å². The van der Waals surface area contributed by atoms with Crippen LogP contribution in [0.3, 0.4) is 0 Å². The van der Waals surface area contributed by atoms with Gasteiger partial charge in [-0.3, -0.25) is 4.68 Å². The van der Waals surface area contributed by atoms with Crippen LogP contribution in [-0.4, -0.2) is 33.0 Å². The van der Waals surface area contributed by atoms with Gasteiger partial charge in [0.2, 0.25) is 5.28 Å². The lowest BCUT2D eigenvalue weighted by Gasteiger charge is -2.02. The van der Waals surface area contributed by atoms with Crippen molar-refractivity contribution < 1.29 is 4.74 Å². The quantitative estimate of drug-likeness (QED) is 0.482. The highest BCUT2D eigenvalue weighted by Gasteiger charge is 2.11. The zero-order chi connectivity index (χ0) is 12.3. The number of ether oxygens (including phenoxy) is 1. The minimum Gasteiger partial charge on any atom is -0.380 e. The molecule has 2 heterocycles. The minimum absolute atomic E-state index is 0.240. The molecule has 0 aliphatic rings. The zero-order valence-corrected chi connectivity index (χ0v) is 11.7. The number of rotatable bonds is 5. The standard InChI is InChI=1S/C10H12BrClN4O/c1-2-17-4-3-16-8-6-13-10(12)14-9(8)7(5-11)15-16/h6H,2-5H2,1H3. The van der Waals surface area contributed by atoms with Gasteiger partial charge in [0.1, 0.15) is 11.0 Å². The lowest BCUT2D eigenvalue weighted by molar-refractivity contribution is 0.137. The van der Waals surface area contributed by atoms with Crippen LogP contribution in [0.5, 0.6) is 0 Å². The highest BCUT2D eigenvalue weighted by Crippen LogP contribution is 2.19. The van der Waals surface area contributed by atoms with Crippen molar-refractivity contribution in [3.63, 3.8) is 0 Å². The number of halogens is 2. The Hall–Kier alpha value is -0.720. The highest BCUT2D eigenvalue weighted by atomic mass is 79.9. The third-order valence-electron chi connectivity index (χ3n) is 2.31. The Morgan fingerprint density at radius 2 is 2.35 bits per heavy atom. The van der Waals surface area contributed by atoms with Gasteiger partial charge in [-0.1, -0.05) is 15.9 Å². The summed E-state index contributed by atoms with van der Waals surface area (Å²) in [6, 6.07) is 0. The highest BCUT2D eigenvalue weighted by molar-refractivity contribution is 9.08. The van der Waals surface area contributed by atoms with Crippen LogP contribution in [0.1, 0.15) is 12.6 Å². The second kappa shape index (κ2) is 5.75. The molecule has 17 heavy (non-hydrogen) atoms. The molecule has 2 rings (SSSR count). The van der Waals surface area contributed by atoms with Gasteiger partial charge in [0.25, 0.3) is 0 Å². The van der Waals surface area contributed by atoms with Crippen LogP contribution in [0.25, 0.3) is 11.0 Å². The first kappa shape index (κ1) is 12.7. The van der Waals surface area contributed by atoms with Gasteiger partial charge in [0.05, 0.1) is 25.0 Å². The first-order valence-corrected chi connectivity index (χ1v) is 6.77. The van der Waals surface area contributed by atoms with Gasteiger partial charge in [0, 0.05) is 11.9 Å². The molecule has 0 unspecified atom stereocenters. The maximum Gasteiger partial charge on any atom is 0.223 e. The van der Waals surface area contributed by atoms with Gasteiger partial charge in [-0.15, -0.1) is 0 Å². The van der Waals surface area contributed by atoms with Crippen molar-refractivity contribution in [1.82, 2.24) is 19.7 Å². The van der Waals surface area contributed by atoms with Gasteiger partial charge in [-0.2, -0.15) is 5.10 Å². The molecule has 0 aliphatic carbocycles. The van der Waals surface area contributed by atoms with Crippen LogP contribution in [0.2, 0.25) is 5.28 Å². The topological polar surface area (TPSA) is 52.8 Å². The predicted octanol–water partition coefficient (Wildman–Crippen LogP) is 2.41. The Balaban J connectivity index is 2.35. The third kappa shape index (κ3) is 2.75. The van der Waals surface area contributed by atoms with Crippen LogP contribution in [0, 0.1) is 0 Å². The van der Waals surface area contributed by atoms with E-state index in [2.05, 4.69) is 31.0 Å². The number of hydrogen-bond donors (Lipinski definition) is 0.